The van der Waals surface area contributed by atoms with Crippen molar-refractivity contribution in [2.75, 3.05) is 12.4 Å². The Morgan fingerprint density at radius 2 is 2.21 bits per heavy atom. The molecule has 2 saturated carbocycles. The van der Waals surface area contributed by atoms with Crippen LogP contribution in [0.5, 0.6) is 5.75 Å². The first-order valence-corrected chi connectivity index (χ1v) is 7.61. The summed E-state index contributed by atoms with van der Waals surface area (Å²) in [6.07, 6.45) is 4.86. The number of anilines is 1. The van der Waals surface area contributed by atoms with E-state index in [2.05, 4.69) is 21.2 Å². The van der Waals surface area contributed by atoms with Gasteiger partial charge in [0.15, 0.2) is 0 Å². The van der Waals surface area contributed by atoms with Gasteiger partial charge < -0.3 is 10.1 Å². The standard InChI is InChI=1S/C15H18BrNO2/c1-19-11-4-5-13(16)14(8-11)17-15(18)12-7-9-2-3-10(12)6-9/h4-5,8-10,12H,2-3,6-7H2,1H3,(H,17,18). The molecule has 0 saturated heterocycles. The molecule has 1 amide bonds. The lowest BCUT2D eigenvalue weighted by Crippen LogP contribution is -2.27. The van der Waals surface area contributed by atoms with E-state index >= 15 is 0 Å². The molecule has 2 fully saturated rings. The van der Waals surface area contributed by atoms with Crippen LogP contribution in [0.25, 0.3) is 0 Å². The van der Waals surface area contributed by atoms with Crippen LogP contribution in [0, 0.1) is 17.8 Å². The Balaban J connectivity index is 1.72. The topological polar surface area (TPSA) is 38.3 Å². The second-order valence-corrected chi connectivity index (χ2v) is 6.47. The van der Waals surface area contributed by atoms with Crippen LogP contribution >= 0.6 is 15.9 Å². The van der Waals surface area contributed by atoms with Gasteiger partial charge in [-0.3, -0.25) is 4.79 Å². The molecule has 2 aliphatic carbocycles. The van der Waals surface area contributed by atoms with Crippen molar-refractivity contribution < 1.29 is 9.53 Å². The summed E-state index contributed by atoms with van der Waals surface area (Å²) < 4.78 is 6.09. The molecule has 3 atom stereocenters. The molecular formula is C15H18BrNO2. The van der Waals surface area contributed by atoms with Crippen molar-refractivity contribution in [3.8, 4) is 5.75 Å². The lowest BCUT2D eigenvalue weighted by atomic mass is 9.88. The summed E-state index contributed by atoms with van der Waals surface area (Å²) in [4.78, 5) is 12.4. The highest BCUT2D eigenvalue weighted by Gasteiger charge is 2.43. The number of benzene rings is 1. The van der Waals surface area contributed by atoms with Gasteiger partial charge in [-0.25, -0.2) is 0 Å². The first-order chi connectivity index (χ1) is 9.17. The lowest BCUT2D eigenvalue weighted by Gasteiger charge is -2.21. The van der Waals surface area contributed by atoms with Gasteiger partial charge in [-0.05, 0) is 59.2 Å². The molecule has 4 heteroatoms. The van der Waals surface area contributed by atoms with E-state index in [1.54, 1.807) is 7.11 Å². The lowest BCUT2D eigenvalue weighted by molar-refractivity contribution is -0.121. The maximum atomic E-state index is 12.4. The third-order valence-electron chi connectivity index (χ3n) is 4.51. The molecular weight excluding hydrogens is 306 g/mol. The van der Waals surface area contributed by atoms with Gasteiger partial charge in [0, 0.05) is 16.5 Å². The van der Waals surface area contributed by atoms with Crippen molar-refractivity contribution >= 4 is 27.5 Å². The first-order valence-electron chi connectivity index (χ1n) is 6.82. The summed E-state index contributed by atoms with van der Waals surface area (Å²) in [5.74, 6) is 2.52. The molecule has 0 radical (unpaired) electrons. The normalized spacial score (nSPS) is 28.4. The zero-order valence-corrected chi connectivity index (χ0v) is 12.6. The second kappa shape index (κ2) is 5.16. The molecule has 3 rings (SSSR count). The highest BCUT2D eigenvalue weighted by Crippen LogP contribution is 2.48. The van der Waals surface area contributed by atoms with Crippen LogP contribution in [0.2, 0.25) is 0 Å². The van der Waals surface area contributed by atoms with E-state index in [9.17, 15) is 4.79 Å². The van der Waals surface area contributed by atoms with Crippen LogP contribution in [-0.4, -0.2) is 13.0 Å². The molecule has 1 N–H and O–H groups in total. The average molecular weight is 324 g/mol. The maximum absolute atomic E-state index is 12.4. The highest BCUT2D eigenvalue weighted by molar-refractivity contribution is 9.10. The van der Waals surface area contributed by atoms with Crippen molar-refractivity contribution in [3.05, 3.63) is 22.7 Å². The Labute approximate surface area is 121 Å². The average Bonchev–Trinajstić information content (AvgIpc) is 3.03. The zero-order chi connectivity index (χ0) is 13.4. The zero-order valence-electron chi connectivity index (χ0n) is 11.0. The predicted molar refractivity (Wildman–Crippen MR) is 78.3 cm³/mol. The summed E-state index contributed by atoms with van der Waals surface area (Å²) in [7, 11) is 1.63. The quantitative estimate of drug-likeness (QED) is 0.917. The Kier molecular flexibility index (Phi) is 3.52. The number of amides is 1. The largest absolute Gasteiger partial charge is 0.497 e. The fourth-order valence-corrected chi connectivity index (χ4v) is 3.86. The van der Waals surface area contributed by atoms with Gasteiger partial charge in [0.05, 0.1) is 12.8 Å². The number of hydrogen-bond acceptors (Lipinski definition) is 2. The van der Waals surface area contributed by atoms with Gasteiger partial charge in [-0.15, -0.1) is 0 Å². The molecule has 1 aromatic rings. The summed E-state index contributed by atoms with van der Waals surface area (Å²) in [6, 6.07) is 5.63. The van der Waals surface area contributed by atoms with E-state index in [0.717, 1.165) is 28.2 Å². The minimum absolute atomic E-state index is 0.168. The van der Waals surface area contributed by atoms with Crippen LogP contribution in [0.1, 0.15) is 25.7 Å². The van der Waals surface area contributed by atoms with Gasteiger partial charge >= 0.3 is 0 Å². The first kappa shape index (κ1) is 13.0. The molecule has 0 spiro atoms. The minimum Gasteiger partial charge on any atom is -0.497 e. The third kappa shape index (κ3) is 2.50. The third-order valence-corrected chi connectivity index (χ3v) is 5.20. The molecule has 2 aliphatic rings. The molecule has 2 bridgehead atoms. The molecule has 19 heavy (non-hydrogen) atoms. The van der Waals surface area contributed by atoms with Crippen molar-refractivity contribution in [2.24, 2.45) is 17.8 Å². The fraction of sp³-hybridized carbons (Fsp3) is 0.533. The van der Waals surface area contributed by atoms with Crippen LogP contribution in [0.3, 0.4) is 0 Å². The Hall–Kier alpha value is -1.03. The van der Waals surface area contributed by atoms with E-state index in [-0.39, 0.29) is 11.8 Å². The highest BCUT2D eigenvalue weighted by atomic mass is 79.9. The molecule has 102 valence electrons. The van der Waals surface area contributed by atoms with E-state index in [1.165, 1.54) is 19.3 Å². The number of carbonyl (C=O) groups excluding carboxylic acids is 1. The fourth-order valence-electron chi connectivity index (χ4n) is 3.52. The smallest absolute Gasteiger partial charge is 0.227 e. The monoisotopic (exact) mass is 323 g/mol. The maximum Gasteiger partial charge on any atom is 0.227 e. The number of hydrogen-bond donors (Lipinski definition) is 1. The summed E-state index contributed by atoms with van der Waals surface area (Å²) in [5, 5.41) is 3.05. The van der Waals surface area contributed by atoms with Gasteiger partial charge in [-0.1, -0.05) is 6.42 Å². The number of nitrogens with one attached hydrogen (secondary N) is 1. The van der Waals surface area contributed by atoms with E-state index in [1.807, 2.05) is 18.2 Å². The van der Waals surface area contributed by atoms with Crippen LogP contribution in [0.15, 0.2) is 22.7 Å². The Bertz CT molecular complexity index is 503. The van der Waals surface area contributed by atoms with Gasteiger partial charge in [0.1, 0.15) is 5.75 Å². The van der Waals surface area contributed by atoms with Gasteiger partial charge in [-0.2, -0.15) is 0 Å². The van der Waals surface area contributed by atoms with Crippen molar-refractivity contribution in [1.82, 2.24) is 0 Å². The van der Waals surface area contributed by atoms with Crippen molar-refractivity contribution in [3.63, 3.8) is 0 Å². The summed E-state index contributed by atoms with van der Waals surface area (Å²) in [5.41, 5.74) is 0.798. The number of rotatable bonds is 3. The minimum atomic E-state index is 0.168. The number of fused-ring (bicyclic) bond motifs is 2. The summed E-state index contributed by atoms with van der Waals surface area (Å²) in [6.45, 7) is 0. The van der Waals surface area contributed by atoms with E-state index in [0.29, 0.717) is 5.92 Å². The summed E-state index contributed by atoms with van der Waals surface area (Å²) >= 11 is 3.47. The van der Waals surface area contributed by atoms with Crippen LogP contribution in [-0.2, 0) is 4.79 Å². The number of methoxy groups -OCH3 is 1. The molecule has 1 aromatic carbocycles. The molecule has 0 heterocycles. The molecule has 0 aliphatic heterocycles. The van der Waals surface area contributed by atoms with E-state index in [4.69, 9.17) is 4.74 Å². The van der Waals surface area contributed by atoms with Crippen molar-refractivity contribution in [1.29, 1.82) is 0 Å². The predicted octanol–water partition coefficient (Wildman–Crippen LogP) is 3.83. The number of carbonyl (C=O) groups is 1. The van der Waals surface area contributed by atoms with Gasteiger partial charge in [0.2, 0.25) is 5.91 Å². The Morgan fingerprint density at radius 3 is 2.84 bits per heavy atom. The van der Waals surface area contributed by atoms with Crippen LogP contribution in [0.4, 0.5) is 5.69 Å². The molecule has 3 unspecified atom stereocenters. The van der Waals surface area contributed by atoms with Gasteiger partial charge in [0.25, 0.3) is 0 Å². The SMILES string of the molecule is COc1ccc(Br)c(NC(=O)C2CC3CCC2C3)c1. The molecule has 3 nitrogen and oxygen atoms in total. The number of halogens is 1. The molecule has 0 aromatic heterocycles. The van der Waals surface area contributed by atoms with Crippen molar-refractivity contribution in [2.45, 2.75) is 25.7 Å². The second-order valence-electron chi connectivity index (χ2n) is 5.62. The number of ether oxygens (including phenoxy) is 1. The Morgan fingerprint density at radius 1 is 1.37 bits per heavy atom. The van der Waals surface area contributed by atoms with Crippen LogP contribution < -0.4 is 10.1 Å². The van der Waals surface area contributed by atoms with E-state index < -0.39 is 0 Å².